The highest BCUT2D eigenvalue weighted by molar-refractivity contribution is 9.10. The number of nitrogen functional groups attached to an aromatic ring is 1. The van der Waals surface area contributed by atoms with Crippen LogP contribution in [0, 0.1) is 5.82 Å². The number of carbonyl (C=O) groups is 1. The molecule has 11 heavy (non-hydrogen) atoms. The Labute approximate surface area is 71.3 Å². The molecule has 2 N–H and O–H groups in total. The van der Waals surface area contributed by atoms with Crippen molar-refractivity contribution < 1.29 is 9.18 Å². The molecular weight excluding hydrogens is 213 g/mol. The Bertz CT molecular complexity index is 277. The number of nitrogens with two attached hydrogens (primary N) is 1. The van der Waals surface area contributed by atoms with Crippen LogP contribution in [0.25, 0.3) is 0 Å². The van der Waals surface area contributed by atoms with Crippen LogP contribution in [-0.2, 0) is 0 Å². The molecule has 0 aliphatic heterocycles. The summed E-state index contributed by atoms with van der Waals surface area (Å²) < 4.78 is 12.9. The van der Waals surface area contributed by atoms with Crippen LogP contribution in [0.5, 0.6) is 0 Å². The van der Waals surface area contributed by atoms with Crippen molar-refractivity contribution in [3.05, 3.63) is 28.0 Å². The normalized spacial score (nSPS) is 9.64. The SMILES string of the molecule is Nc1cc(F)cc(Br)c1C=O. The maximum atomic E-state index is 12.5. The van der Waals surface area contributed by atoms with Crippen molar-refractivity contribution in [1.29, 1.82) is 0 Å². The Kier molecular flexibility index (Phi) is 2.24. The van der Waals surface area contributed by atoms with Gasteiger partial charge in [-0.3, -0.25) is 4.79 Å². The van der Waals surface area contributed by atoms with E-state index in [0.717, 1.165) is 6.07 Å². The van der Waals surface area contributed by atoms with E-state index in [1.54, 1.807) is 0 Å². The molecule has 0 atom stereocenters. The van der Waals surface area contributed by atoms with Crippen LogP contribution in [0.4, 0.5) is 10.1 Å². The molecule has 0 heterocycles. The molecule has 0 spiro atoms. The van der Waals surface area contributed by atoms with Crippen LogP contribution < -0.4 is 5.73 Å². The van der Waals surface area contributed by atoms with Crippen molar-refractivity contribution in [1.82, 2.24) is 0 Å². The zero-order valence-corrected chi connectivity index (χ0v) is 7.06. The molecule has 0 aromatic heterocycles. The largest absolute Gasteiger partial charge is 0.398 e. The second-order valence-electron chi connectivity index (χ2n) is 2.01. The first-order valence-electron chi connectivity index (χ1n) is 2.85. The minimum Gasteiger partial charge on any atom is -0.398 e. The highest BCUT2D eigenvalue weighted by Crippen LogP contribution is 2.22. The summed E-state index contributed by atoms with van der Waals surface area (Å²) >= 11 is 3.01. The third-order valence-corrected chi connectivity index (χ3v) is 1.90. The molecule has 0 saturated carbocycles. The minimum atomic E-state index is -0.458. The Morgan fingerprint density at radius 1 is 1.55 bits per heavy atom. The molecule has 58 valence electrons. The number of carbonyl (C=O) groups excluding carboxylic acids is 1. The van der Waals surface area contributed by atoms with Gasteiger partial charge in [0.1, 0.15) is 5.82 Å². The van der Waals surface area contributed by atoms with E-state index in [-0.39, 0.29) is 11.3 Å². The maximum Gasteiger partial charge on any atom is 0.153 e. The number of anilines is 1. The van der Waals surface area contributed by atoms with Crippen LogP contribution in [0.15, 0.2) is 16.6 Å². The predicted octanol–water partition coefficient (Wildman–Crippen LogP) is 1.98. The van der Waals surface area contributed by atoms with Crippen molar-refractivity contribution in [2.75, 3.05) is 5.73 Å². The van der Waals surface area contributed by atoms with Gasteiger partial charge in [0, 0.05) is 10.2 Å². The van der Waals surface area contributed by atoms with Crippen molar-refractivity contribution in [3.63, 3.8) is 0 Å². The molecule has 0 fully saturated rings. The molecule has 0 amide bonds. The van der Waals surface area contributed by atoms with Crippen LogP contribution in [-0.4, -0.2) is 6.29 Å². The molecule has 1 rings (SSSR count). The monoisotopic (exact) mass is 217 g/mol. The zero-order valence-electron chi connectivity index (χ0n) is 5.47. The molecule has 0 bridgehead atoms. The second-order valence-corrected chi connectivity index (χ2v) is 2.86. The number of hydrogen-bond acceptors (Lipinski definition) is 2. The van der Waals surface area contributed by atoms with Gasteiger partial charge in [0.25, 0.3) is 0 Å². The van der Waals surface area contributed by atoms with Crippen LogP contribution >= 0.6 is 15.9 Å². The topological polar surface area (TPSA) is 43.1 Å². The molecule has 0 aliphatic rings. The van der Waals surface area contributed by atoms with E-state index in [1.165, 1.54) is 6.07 Å². The molecule has 0 radical (unpaired) electrons. The fraction of sp³-hybridized carbons (Fsp3) is 0. The van der Waals surface area contributed by atoms with Crippen LogP contribution in [0.1, 0.15) is 10.4 Å². The van der Waals surface area contributed by atoms with Gasteiger partial charge in [0.2, 0.25) is 0 Å². The van der Waals surface area contributed by atoms with E-state index in [4.69, 9.17) is 5.73 Å². The molecule has 0 saturated heterocycles. The van der Waals surface area contributed by atoms with Gasteiger partial charge in [0.15, 0.2) is 6.29 Å². The zero-order chi connectivity index (χ0) is 8.43. The van der Waals surface area contributed by atoms with Gasteiger partial charge < -0.3 is 5.73 Å². The smallest absolute Gasteiger partial charge is 0.153 e. The Morgan fingerprint density at radius 2 is 2.18 bits per heavy atom. The Hall–Kier alpha value is -0.900. The molecule has 1 aromatic rings. The maximum absolute atomic E-state index is 12.5. The molecule has 4 heteroatoms. The minimum absolute atomic E-state index is 0.145. The Morgan fingerprint density at radius 3 is 2.64 bits per heavy atom. The molecule has 2 nitrogen and oxygen atoms in total. The van der Waals surface area contributed by atoms with E-state index in [2.05, 4.69) is 15.9 Å². The molecular formula is C7H5BrFNO. The van der Waals surface area contributed by atoms with Crippen molar-refractivity contribution in [3.8, 4) is 0 Å². The van der Waals surface area contributed by atoms with Gasteiger partial charge in [-0.15, -0.1) is 0 Å². The Balaban J connectivity index is 3.36. The van der Waals surface area contributed by atoms with E-state index >= 15 is 0 Å². The summed E-state index contributed by atoms with van der Waals surface area (Å²) in [5, 5.41) is 0. The number of halogens is 2. The van der Waals surface area contributed by atoms with E-state index in [9.17, 15) is 9.18 Å². The summed E-state index contributed by atoms with van der Waals surface area (Å²) in [5.74, 6) is -0.458. The second kappa shape index (κ2) is 3.00. The standard InChI is InChI=1S/C7H5BrFNO/c8-6-1-4(9)2-7(10)5(6)3-11/h1-3H,10H2. The lowest BCUT2D eigenvalue weighted by atomic mass is 10.2. The highest BCUT2D eigenvalue weighted by Gasteiger charge is 2.04. The summed E-state index contributed by atoms with van der Waals surface area (Å²) in [5.41, 5.74) is 5.76. The fourth-order valence-corrected chi connectivity index (χ4v) is 1.27. The third-order valence-electron chi connectivity index (χ3n) is 1.24. The summed E-state index contributed by atoms with van der Waals surface area (Å²) in [6.45, 7) is 0. The summed E-state index contributed by atoms with van der Waals surface area (Å²) in [6, 6.07) is 2.30. The predicted molar refractivity (Wildman–Crippen MR) is 43.9 cm³/mol. The van der Waals surface area contributed by atoms with Crippen molar-refractivity contribution >= 4 is 27.9 Å². The fourth-order valence-electron chi connectivity index (χ4n) is 0.729. The van der Waals surface area contributed by atoms with Gasteiger partial charge in [-0.1, -0.05) is 0 Å². The van der Waals surface area contributed by atoms with E-state index < -0.39 is 5.82 Å². The molecule has 1 aromatic carbocycles. The van der Waals surface area contributed by atoms with Gasteiger partial charge in [0.05, 0.1) is 5.56 Å². The van der Waals surface area contributed by atoms with Gasteiger partial charge in [-0.05, 0) is 28.1 Å². The number of benzene rings is 1. The average molecular weight is 218 g/mol. The first kappa shape index (κ1) is 8.20. The third kappa shape index (κ3) is 1.57. The van der Waals surface area contributed by atoms with Crippen LogP contribution in [0.2, 0.25) is 0 Å². The van der Waals surface area contributed by atoms with E-state index in [1.807, 2.05) is 0 Å². The lowest BCUT2D eigenvalue weighted by Crippen LogP contribution is -1.94. The van der Waals surface area contributed by atoms with Gasteiger partial charge >= 0.3 is 0 Å². The summed E-state index contributed by atoms with van der Waals surface area (Å²) in [7, 11) is 0. The highest BCUT2D eigenvalue weighted by atomic mass is 79.9. The lowest BCUT2D eigenvalue weighted by Gasteiger charge is -2.00. The quantitative estimate of drug-likeness (QED) is 0.578. The van der Waals surface area contributed by atoms with Crippen molar-refractivity contribution in [2.45, 2.75) is 0 Å². The molecule has 0 unspecified atom stereocenters. The average Bonchev–Trinajstić information content (AvgIpc) is 1.85. The first-order valence-corrected chi connectivity index (χ1v) is 3.64. The van der Waals surface area contributed by atoms with Gasteiger partial charge in [-0.25, -0.2) is 4.39 Å². The van der Waals surface area contributed by atoms with Gasteiger partial charge in [-0.2, -0.15) is 0 Å². The lowest BCUT2D eigenvalue weighted by molar-refractivity contribution is 0.112. The number of hydrogen-bond donors (Lipinski definition) is 1. The summed E-state index contributed by atoms with van der Waals surface area (Å²) in [6.07, 6.45) is 0.582. The number of aldehydes is 1. The number of rotatable bonds is 1. The van der Waals surface area contributed by atoms with Crippen LogP contribution in [0.3, 0.4) is 0 Å². The summed E-state index contributed by atoms with van der Waals surface area (Å²) in [4.78, 5) is 10.3. The first-order chi connectivity index (χ1) is 5.15. The molecule has 0 aliphatic carbocycles. The van der Waals surface area contributed by atoms with Crippen molar-refractivity contribution in [2.24, 2.45) is 0 Å². The van der Waals surface area contributed by atoms with E-state index in [0.29, 0.717) is 10.8 Å².